The van der Waals surface area contributed by atoms with Crippen molar-refractivity contribution in [1.29, 1.82) is 5.26 Å². The summed E-state index contributed by atoms with van der Waals surface area (Å²) in [5.41, 5.74) is 1.63. The predicted molar refractivity (Wildman–Crippen MR) is 127 cm³/mol. The first-order chi connectivity index (χ1) is 15.9. The number of nitrogens with zero attached hydrogens (tertiary/aromatic N) is 7. The average molecular weight is 469 g/mol. The van der Waals surface area contributed by atoms with Crippen molar-refractivity contribution in [3.63, 3.8) is 0 Å². The van der Waals surface area contributed by atoms with Crippen LogP contribution in [0.2, 0.25) is 5.02 Å². The molecule has 2 bridgehead atoms. The molecule has 3 saturated heterocycles. The number of quaternary nitrogens is 1. The molecule has 0 saturated carbocycles. The van der Waals surface area contributed by atoms with E-state index < -0.39 is 4.92 Å². The number of anilines is 1. The first-order valence-corrected chi connectivity index (χ1v) is 11.5. The van der Waals surface area contributed by atoms with E-state index in [2.05, 4.69) is 27.0 Å². The largest absolute Gasteiger partial charge is 0.366 e. The standard InChI is InChI=1S/C23H27ClN7O2/c1-2-29(10-14-31-11-7-28(8-12-31)9-13-31)20-5-3-19(4-6-20)26-27-23-18(17-25)15-21(30(32)33)16-22(23)24/h3-6,15-16H,2,7-14H2,1H3/q+1. The molecule has 33 heavy (non-hydrogen) atoms. The summed E-state index contributed by atoms with van der Waals surface area (Å²) in [4.78, 5) is 15.3. The second-order valence-corrected chi connectivity index (χ2v) is 8.97. The van der Waals surface area contributed by atoms with E-state index >= 15 is 0 Å². The van der Waals surface area contributed by atoms with Crippen LogP contribution in [0.4, 0.5) is 22.7 Å². The Bertz CT molecular complexity index is 1080. The van der Waals surface area contributed by atoms with Crippen molar-refractivity contribution in [1.82, 2.24) is 4.90 Å². The number of hydrogen-bond acceptors (Lipinski definition) is 7. The lowest BCUT2D eigenvalue weighted by Crippen LogP contribution is -2.68. The number of rotatable bonds is 8. The van der Waals surface area contributed by atoms with Gasteiger partial charge in [0.1, 0.15) is 11.8 Å². The summed E-state index contributed by atoms with van der Waals surface area (Å²) in [6.45, 7) is 12.7. The van der Waals surface area contributed by atoms with Crippen molar-refractivity contribution in [2.24, 2.45) is 10.2 Å². The Morgan fingerprint density at radius 1 is 1.18 bits per heavy atom. The minimum atomic E-state index is -0.596. The predicted octanol–water partition coefficient (Wildman–Crippen LogP) is 4.51. The summed E-state index contributed by atoms with van der Waals surface area (Å²) in [5.74, 6) is 0. The van der Waals surface area contributed by atoms with Gasteiger partial charge >= 0.3 is 0 Å². The number of benzene rings is 2. The number of halogens is 1. The molecular formula is C23H27ClN7O2+. The minimum absolute atomic E-state index is 0.0118. The summed E-state index contributed by atoms with van der Waals surface area (Å²) < 4.78 is 1.23. The smallest absolute Gasteiger partial charge is 0.272 e. The average Bonchev–Trinajstić information content (AvgIpc) is 2.85. The lowest BCUT2D eigenvalue weighted by atomic mass is 10.1. The summed E-state index contributed by atoms with van der Waals surface area (Å²) in [6, 6.07) is 12.0. The van der Waals surface area contributed by atoms with E-state index in [4.69, 9.17) is 11.6 Å². The SMILES string of the molecule is CCN(CC[N+]12CCN(CC1)CC2)c1ccc(N=Nc2c(Cl)cc([N+](=O)[O-])cc2C#N)cc1. The van der Waals surface area contributed by atoms with E-state index in [0.717, 1.165) is 24.8 Å². The molecule has 0 N–H and O–H groups in total. The highest BCUT2D eigenvalue weighted by molar-refractivity contribution is 6.33. The molecule has 0 atom stereocenters. The second kappa shape index (κ2) is 9.83. The van der Waals surface area contributed by atoms with Gasteiger partial charge in [-0.1, -0.05) is 11.6 Å². The Morgan fingerprint density at radius 3 is 2.42 bits per heavy atom. The van der Waals surface area contributed by atoms with Crippen LogP contribution in [0.15, 0.2) is 46.6 Å². The Hall–Kier alpha value is -3.06. The normalized spacial score (nSPS) is 21.8. The van der Waals surface area contributed by atoms with Crippen molar-refractivity contribution in [3.8, 4) is 6.07 Å². The molecule has 3 fully saturated rings. The van der Waals surface area contributed by atoms with Gasteiger partial charge in [0.15, 0.2) is 0 Å². The van der Waals surface area contributed by atoms with Crippen molar-refractivity contribution in [3.05, 3.63) is 57.1 Å². The van der Waals surface area contributed by atoms with E-state index in [-0.39, 0.29) is 22.0 Å². The fourth-order valence-electron chi connectivity index (χ4n) is 4.58. The molecule has 172 valence electrons. The highest BCUT2D eigenvalue weighted by Crippen LogP contribution is 2.34. The fourth-order valence-corrected chi connectivity index (χ4v) is 4.84. The third-order valence-electron chi connectivity index (χ3n) is 6.76. The summed E-state index contributed by atoms with van der Waals surface area (Å²) in [7, 11) is 0. The van der Waals surface area contributed by atoms with Crippen LogP contribution in [0.5, 0.6) is 0 Å². The Morgan fingerprint density at radius 2 is 1.85 bits per heavy atom. The number of nitriles is 1. The maximum atomic E-state index is 11.0. The van der Waals surface area contributed by atoms with Crippen LogP contribution in [-0.4, -0.2) is 73.2 Å². The fraction of sp³-hybridized carbons (Fsp3) is 0.435. The monoisotopic (exact) mass is 468 g/mol. The molecule has 2 aromatic rings. The third kappa shape index (κ3) is 5.14. The number of azo groups is 1. The lowest BCUT2D eigenvalue weighted by molar-refractivity contribution is -0.939. The number of piperazine rings is 3. The maximum Gasteiger partial charge on any atom is 0.272 e. The molecule has 0 aromatic heterocycles. The second-order valence-electron chi connectivity index (χ2n) is 8.57. The van der Waals surface area contributed by atoms with E-state index in [0.29, 0.717) is 5.69 Å². The first kappa shape index (κ1) is 23.1. The number of nitro benzene ring substituents is 1. The van der Waals surface area contributed by atoms with Crippen molar-refractivity contribution >= 4 is 34.4 Å². The summed E-state index contributed by atoms with van der Waals surface area (Å²) in [5, 5.41) is 28.6. The molecule has 3 aliphatic heterocycles. The van der Waals surface area contributed by atoms with Gasteiger partial charge in [0.25, 0.3) is 5.69 Å². The van der Waals surface area contributed by atoms with Crippen LogP contribution in [0.25, 0.3) is 0 Å². The van der Waals surface area contributed by atoms with Gasteiger partial charge in [0.2, 0.25) is 0 Å². The van der Waals surface area contributed by atoms with Crippen LogP contribution in [0.3, 0.4) is 0 Å². The molecule has 3 heterocycles. The molecule has 0 radical (unpaired) electrons. The van der Waals surface area contributed by atoms with Gasteiger partial charge in [0, 0.05) is 44.0 Å². The van der Waals surface area contributed by atoms with E-state index in [1.165, 1.54) is 56.4 Å². The topological polar surface area (TPSA) is 98.1 Å². The van der Waals surface area contributed by atoms with Crippen molar-refractivity contribution in [2.75, 3.05) is 63.8 Å². The Labute approximate surface area is 198 Å². The van der Waals surface area contributed by atoms with Gasteiger partial charge in [-0.3, -0.25) is 15.0 Å². The molecule has 9 nitrogen and oxygen atoms in total. The van der Waals surface area contributed by atoms with Crippen LogP contribution >= 0.6 is 11.6 Å². The number of fused-ring (bicyclic) bond motifs is 3. The zero-order chi connectivity index (χ0) is 23.4. The Balaban J connectivity index is 1.44. The highest BCUT2D eigenvalue weighted by Gasteiger charge is 2.38. The van der Waals surface area contributed by atoms with Gasteiger partial charge in [-0.2, -0.15) is 10.4 Å². The molecule has 0 unspecified atom stereocenters. The van der Waals surface area contributed by atoms with Crippen LogP contribution in [0, 0.1) is 21.4 Å². The lowest BCUT2D eigenvalue weighted by Gasteiger charge is -2.51. The van der Waals surface area contributed by atoms with E-state index in [1.807, 2.05) is 30.3 Å². The quantitative estimate of drug-likeness (QED) is 0.246. The number of non-ortho nitro benzene ring substituents is 1. The summed E-state index contributed by atoms with van der Waals surface area (Å²) in [6.07, 6.45) is 0. The molecule has 5 rings (SSSR count). The number of likely N-dealkylation sites (N-methyl/N-ethyl adjacent to an activating group) is 1. The van der Waals surface area contributed by atoms with E-state index in [1.54, 1.807) is 0 Å². The van der Waals surface area contributed by atoms with E-state index in [9.17, 15) is 15.4 Å². The van der Waals surface area contributed by atoms with Gasteiger partial charge in [-0.25, -0.2) is 0 Å². The number of hydrogen-bond donors (Lipinski definition) is 0. The van der Waals surface area contributed by atoms with Gasteiger partial charge < -0.3 is 9.38 Å². The van der Waals surface area contributed by atoms with Gasteiger partial charge in [0.05, 0.1) is 53.9 Å². The molecule has 0 amide bonds. The molecule has 2 aromatic carbocycles. The third-order valence-corrected chi connectivity index (χ3v) is 7.05. The van der Waals surface area contributed by atoms with Crippen LogP contribution in [0.1, 0.15) is 12.5 Å². The zero-order valence-corrected chi connectivity index (χ0v) is 19.4. The highest BCUT2D eigenvalue weighted by atomic mass is 35.5. The molecule has 0 aliphatic carbocycles. The molecule has 3 aliphatic rings. The van der Waals surface area contributed by atoms with Crippen LogP contribution in [-0.2, 0) is 0 Å². The van der Waals surface area contributed by atoms with Crippen molar-refractivity contribution < 1.29 is 9.41 Å². The van der Waals surface area contributed by atoms with Gasteiger partial charge in [-0.05, 0) is 31.2 Å². The first-order valence-electron chi connectivity index (χ1n) is 11.2. The maximum absolute atomic E-state index is 11.0. The summed E-state index contributed by atoms with van der Waals surface area (Å²) >= 11 is 6.11. The molecular weight excluding hydrogens is 442 g/mol. The van der Waals surface area contributed by atoms with Gasteiger partial charge in [-0.15, -0.1) is 5.11 Å². The molecule has 10 heteroatoms. The van der Waals surface area contributed by atoms with Crippen molar-refractivity contribution in [2.45, 2.75) is 6.92 Å². The zero-order valence-electron chi connectivity index (χ0n) is 18.7. The Kier molecular flexibility index (Phi) is 6.88. The van der Waals surface area contributed by atoms with Crippen LogP contribution < -0.4 is 4.90 Å². The number of nitro groups is 1. The minimum Gasteiger partial charge on any atom is -0.366 e. The molecule has 0 spiro atoms.